The second kappa shape index (κ2) is 4.44. The monoisotopic (exact) mass is 271 g/mol. The normalized spacial score (nSPS) is 32.4. The topological polar surface area (TPSA) is 46.2 Å². The minimum absolute atomic E-state index is 0.0902. The van der Waals surface area contributed by atoms with Crippen molar-refractivity contribution in [2.45, 2.75) is 38.5 Å². The number of carbonyl (C=O) groups excluding carboxylic acids is 2. The van der Waals surface area contributed by atoms with Crippen LogP contribution in [0.3, 0.4) is 0 Å². The van der Waals surface area contributed by atoms with Crippen molar-refractivity contribution in [3.05, 3.63) is 35.9 Å². The lowest BCUT2D eigenvalue weighted by Gasteiger charge is -2.53. The summed E-state index contributed by atoms with van der Waals surface area (Å²) in [5.74, 6) is 0.483. The Kier molecular flexibility index (Phi) is 2.96. The van der Waals surface area contributed by atoms with E-state index in [9.17, 15) is 9.59 Å². The Balaban J connectivity index is 2.17. The molecule has 1 aliphatic heterocycles. The number of hydrogen-bond acceptors (Lipinski definition) is 2. The van der Waals surface area contributed by atoms with Crippen molar-refractivity contribution in [1.29, 1.82) is 0 Å². The van der Waals surface area contributed by atoms with E-state index in [1.807, 2.05) is 44.2 Å². The maximum Gasteiger partial charge on any atom is 0.230 e. The van der Waals surface area contributed by atoms with Crippen molar-refractivity contribution in [2.24, 2.45) is 11.3 Å². The highest BCUT2D eigenvalue weighted by Crippen LogP contribution is 2.53. The predicted molar refractivity (Wildman–Crippen MR) is 77.3 cm³/mol. The van der Waals surface area contributed by atoms with E-state index >= 15 is 0 Å². The Morgan fingerprint density at radius 2 is 1.85 bits per heavy atom. The SMILES string of the molecule is CC1(C)C(=O)CC[C@]2(c3ccccc3)C(=O)NCC[C@@H]12. The van der Waals surface area contributed by atoms with Crippen molar-refractivity contribution in [2.75, 3.05) is 6.54 Å². The van der Waals surface area contributed by atoms with Gasteiger partial charge in [0.2, 0.25) is 5.91 Å². The van der Waals surface area contributed by atoms with Gasteiger partial charge in [-0.25, -0.2) is 0 Å². The van der Waals surface area contributed by atoms with E-state index in [1.54, 1.807) is 0 Å². The third-order valence-corrected chi connectivity index (χ3v) is 5.34. The van der Waals surface area contributed by atoms with E-state index in [2.05, 4.69) is 5.32 Å². The van der Waals surface area contributed by atoms with Crippen LogP contribution >= 0.6 is 0 Å². The average Bonchev–Trinajstić information content (AvgIpc) is 2.45. The van der Waals surface area contributed by atoms with Crippen LogP contribution in [0.4, 0.5) is 0 Å². The molecule has 0 radical (unpaired) electrons. The summed E-state index contributed by atoms with van der Waals surface area (Å²) in [6.07, 6.45) is 2.00. The molecule has 2 fully saturated rings. The molecule has 0 unspecified atom stereocenters. The fourth-order valence-corrected chi connectivity index (χ4v) is 4.20. The van der Waals surface area contributed by atoms with Crippen molar-refractivity contribution in [3.63, 3.8) is 0 Å². The van der Waals surface area contributed by atoms with Gasteiger partial charge in [-0.2, -0.15) is 0 Å². The second-order valence-corrected chi connectivity index (χ2v) is 6.58. The zero-order chi connectivity index (χ0) is 14.4. The third-order valence-electron chi connectivity index (χ3n) is 5.34. The summed E-state index contributed by atoms with van der Waals surface area (Å²) in [5.41, 5.74) is 0.103. The van der Waals surface area contributed by atoms with Gasteiger partial charge in [-0.15, -0.1) is 0 Å². The molecule has 0 spiro atoms. The number of fused-ring (bicyclic) bond motifs is 1. The molecule has 1 saturated heterocycles. The fraction of sp³-hybridized carbons (Fsp3) is 0.529. The summed E-state index contributed by atoms with van der Waals surface area (Å²) in [5, 5.41) is 3.02. The number of rotatable bonds is 1. The Labute approximate surface area is 119 Å². The van der Waals surface area contributed by atoms with Crippen LogP contribution in [0.2, 0.25) is 0 Å². The average molecular weight is 271 g/mol. The molecule has 1 aromatic carbocycles. The van der Waals surface area contributed by atoms with Gasteiger partial charge in [0.15, 0.2) is 0 Å². The van der Waals surface area contributed by atoms with Crippen LogP contribution in [0.15, 0.2) is 30.3 Å². The van der Waals surface area contributed by atoms with Crippen LogP contribution in [-0.4, -0.2) is 18.2 Å². The Hall–Kier alpha value is -1.64. The van der Waals surface area contributed by atoms with Crippen molar-refractivity contribution in [1.82, 2.24) is 5.32 Å². The van der Waals surface area contributed by atoms with Gasteiger partial charge >= 0.3 is 0 Å². The number of hydrogen-bond donors (Lipinski definition) is 1. The standard InChI is InChI=1S/C17H21NO2/c1-16(2)13-9-11-18-15(20)17(13,10-8-14(16)19)12-6-4-3-5-7-12/h3-7,13H,8-11H2,1-2H3,(H,18,20)/t13-,17+/m0/s1. The molecule has 3 nitrogen and oxygen atoms in total. The first-order valence-corrected chi connectivity index (χ1v) is 7.37. The molecule has 3 rings (SSSR count). The van der Waals surface area contributed by atoms with Crippen molar-refractivity contribution < 1.29 is 9.59 Å². The predicted octanol–water partition coefficient (Wildman–Crippen LogP) is 2.45. The number of amides is 1. The molecule has 1 amide bonds. The lowest BCUT2D eigenvalue weighted by atomic mass is 9.50. The van der Waals surface area contributed by atoms with Gasteiger partial charge in [-0.05, 0) is 24.3 Å². The van der Waals surface area contributed by atoms with Gasteiger partial charge in [0.25, 0.3) is 0 Å². The van der Waals surface area contributed by atoms with Crippen LogP contribution in [-0.2, 0) is 15.0 Å². The minimum atomic E-state index is -0.531. The first-order chi connectivity index (χ1) is 9.49. The van der Waals surface area contributed by atoms with Crippen LogP contribution in [0, 0.1) is 11.3 Å². The van der Waals surface area contributed by atoms with Gasteiger partial charge in [0.1, 0.15) is 5.78 Å². The molecule has 1 aliphatic carbocycles. The van der Waals surface area contributed by atoms with E-state index in [-0.39, 0.29) is 11.8 Å². The maximum absolute atomic E-state index is 12.7. The van der Waals surface area contributed by atoms with Gasteiger partial charge in [-0.3, -0.25) is 9.59 Å². The summed E-state index contributed by atoms with van der Waals surface area (Å²) < 4.78 is 0. The molecule has 3 heteroatoms. The molecule has 2 atom stereocenters. The number of Topliss-reactive ketones (excluding diaryl/α,β-unsaturated/α-hetero) is 1. The molecular weight excluding hydrogens is 250 g/mol. The number of benzene rings is 1. The maximum atomic E-state index is 12.7. The summed E-state index contributed by atoms with van der Waals surface area (Å²) in [6.45, 7) is 4.69. The molecule has 1 N–H and O–H groups in total. The molecule has 1 heterocycles. The van der Waals surface area contributed by atoms with E-state index in [1.165, 1.54) is 0 Å². The first-order valence-electron chi connectivity index (χ1n) is 7.37. The van der Waals surface area contributed by atoms with Crippen molar-refractivity contribution >= 4 is 11.7 Å². The van der Waals surface area contributed by atoms with Crippen LogP contribution in [0.1, 0.15) is 38.7 Å². The summed E-state index contributed by atoms with van der Waals surface area (Å²) in [4.78, 5) is 25.0. The second-order valence-electron chi connectivity index (χ2n) is 6.58. The number of piperidine rings is 1. The summed E-state index contributed by atoms with van der Waals surface area (Å²) in [7, 11) is 0. The molecule has 0 aromatic heterocycles. The zero-order valence-corrected chi connectivity index (χ0v) is 12.1. The number of carbonyl (C=O) groups is 2. The first kappa shape index (κ1) is 13.3. The highest BCUT2D eigenvalue weighted by molar-refractivity contribution is 5.95. The lowest BCUT2D eigenvalue weighted by Crippen LogP contribution is -2.62. The Morgan fingerprint density at radius 3 is 2.55 bits per heavy atom. The lowest BCUT2D eigenvalue weighted by molar-refractivity contribution is -0.147. The van der Waals surface area contributed by atoms with Gasteiger partial charge in [-0.1, -0.05) is 44.2 Å². The van der Waals surface area contributed by atoms with Crippen molar-refractivity contribution in [3.8, 4) is 0 Å². The zero-order valence-electron chi connectivity index (χ0n) is 12.1. The van der Waals surface area contributed by atoms with Crippen LogP contribution in [0.25, 0.3) is 0 Å². The largest absolute Gasteiger partial charge is 0.355 e. The molecule has 1 aromatic rings. The smallest absolute Gasteiger partial charge is 0.230 e. The van der Waals surface area contributed by atoms with E-state index in [0.29, 0.717) is 25.2 Å². The fourth-order valence-electron chi connectivity index (χ4n) is 4.20. The molecule has 0 bridgehead atoms. The van der Waals surface area contributed by atoms with E-state index < -0.39 is 10.8 Å². The molecule has 106 valence electrons. The Morgan fingerprint density at radius 1 is 1.15 bits per heavy atom. The summed E-state index contributed by atoms with van der Waals surface area (Å²) in [6, 6.07) is 9.99. The molecule has 2 aliphatic rings. The van der Waals surface area contributed by atoms with Gasteiger partial charge in [0, 0.05) is 18.4 Å². The van der Waals surface area contributed by atoms with Gasteiger partial charge in [0.05, 0.1) is 5.41 Å². The number of nitrogens with one attached hydrogen (secondary N) is 1. The summed E-state index contributed by atoms with van der Waals surface area (Å²) >= 11 is 0. The molecule has 1 saturated carbocycles. The Bertz CT molecular complexity index is 549. The number of ketones is 1. The van der Waals surface area contributed by atoms with Crippen LogP contribution in [0.5, 0.6) is 0 Å². The van der Waals surface area contributed by atoms with Gasteiger partial charge < -0.3 is 5.32 Å². The highest BCUT2D eigenvalue weighted by Gasteiger charge is 2.58. The highest BCUT2D eigenvalue weighted by atomic mass is 16.2. The quantitative estimate of drug-likeness (QED) is 0.852. The third kappa shape index (κ3) is 1.65. The molecular formula is C17H21NO2. The van der Waals surface area contributed by atoms with E-state index in [0.717, 1.165) is 12.0 Å². The minimum Gasteiger partial charge on any atom is -0.355 e. The molecule has 20 heavy (non-hydrogen) atoms. The van der Waals surface area contributed by atoms with E-state index in [4.69, 9.17) is 0 Å². The van der Waals surface area contributed by atoms with Crippen LogP contribution < -0.4 is 5.32 Å².